The van der Waals surface area contributed by atoms with Gasteiger partial charge < -0.3 is 4.90 Å². The second-order valence-corrected chi connectivity index (χ2v) is 14.1. The standard InChI is InChI=1S/C23H38N2P/c1-4-19-10-11-23(24-12-19)18(2)13-25-14-20-16-26(3,17-21(20)15-25)22-8-6-5-7-9-22/h10-12,18,20-22H,4-9,13-17H2,1-3H3/q+1. The average molecular weight is 374 g/mol. The first-order valence-corrected chi connectivity index (χ1v) is 13.8. The summed E-state index contributed by atoms with van der Waals surface area (Å²) < 4.78 is 0. The predicted octanol–water partition coefficient (Wildman–Crippen LogP) is 5.29. The highest BCUT2D eigenvalue weighted by atomic mass is 31.2. The molecule has 0 radical (unpaired) electrons. The fourth-order valence-corrected chi connectivity index (χ4v) is 11.5. The largest absolute Gasteiger partial charge is 0.302 e. The van der Waals surface area contributed by atoms with Gasteiger partial charge in [-0.05, 0) is 43.7 Å². The molecule has 0 bridgehead atoms. The Hall–Kier alpha value is -0.460. The van der Waals surface area contributed by atoms with Gasteiger partial charge in [0, 0.05) is 63.2 Å². The highest BCUT2D eigenvalue weighted by molar-refractivity contribution is 7.76. The zero-order chi connectivity index (χ0) is 18.1. The molecule has 0 aromatic carbocycles. The van der Waals surface area contributed by atoms with E-state index in [1.54, 1.807) is 25.2 Å². The Labute approximate surface area is 161 Å². The lowest BCUT2D eigenvalue weighted by atomic mass is 10.0. The number of likely N-dealkylation sites (tertiary alicyclic amines) is 1. The maximum atomic E-state index is 4.73. The maximum absolute atomic E-state index is 4.73. The molecule has 3 heterocycles. The number of nitrogens with zero attached hydrogens (tertiary/aromatic N) is 2. The van der Waals surface area contributed by atoms with Crippen molar-refractivity contribution < 1.29 is 0 Å². The van der Waals surface area contributed by atoms with E-state index < -0.39 is 7.26 Å². The molecular formula is C23H38N2P+. The number of hydrogen-bond acceptors (Lipinski definition) is 2. The smallest absolute Gasteiger partial charge is 0.0695 e. The van der Waals surface area contributed by atoms with Gasteiger partial charge in [-0.1, -0.05) is 26.3 Å². The monoisotopic (exact) mass is 373 g/mol. The molecule has 2 nitrogen and oxygen atoms in total. The summed E-state index contributed by atoms with van der Waals surface area (Å²) in [6, 6.07) is 4.52. The van der Waals surface area contributed by atoms with Crippen LogP contribution in [0.15, 0.2) is 18.3 Å². The van der Waals surface area contributed by atoms with E-state index in [0.717, 1.165) is 23.9 Å². The van der Waals surface area contributed by atoms with Gasteiger partial charge in [-0.3, -0.25) is 4.98 Å². The minimum atomic E-state index is -0.640. The van der Waals surface area contributed by atoms with Crippen LogP contribution in [0.4, 0.5) is 0 Å². The van der Waals surface area contributed by atoms with E-state index in [2.05, 4.69) is 43.7 Å². The van der Waals surface area contributed by atoms with E-state index in [1.807, 2.05) is 0 Å². The Bertz CT molecular complexity index is 579. The molecule has 1 aliphatic carbocycles. The van der Waals surface area contributed by atoms with Gasteiger partial charge in [-0.15, -0.1) is 0 Å². The second kappa shape index (κ2) is 7.88. The predicted molar refractivity (Wildman–Crippen MR) is 115 cm³/mol. The van der Waals surface area contributed by atoms with Gasteiger partial charge in [0.2, 0.25) is 0 Å². The topological polar surface area (TPSA) is 16.1 Å². The highest BCUT2D eigenvalue weighted by Crippen LogP contribution is 2.70. The van der Waals surface area contributed by atoms with Gasteiger partial charge in [0.1, 0.15) is 0 Å². The molecule has 4 rings (SSSR count). The van der Waals surface area contributed by atoms with Crippen LogP contribution < -0.4 is 0 Å². The molecule has 1 aromatic rings. The third kappa shape index (κ3) is 3.88. The molecule has 1 aromatic heterocycles. The lowest BCUT2D eigenvalue weighted by Gasteiger charge is -2.32. The van der Waals surface area contributed by atoms with Crippen LogP contribution in [-0.2, 0) is 6.42 Å². The van der Waals surface area contributed by atoms with Crippen LogP contribution in [0.1, 0.15) is 63.1 Å². The van der Waals surface area contributed by atoms with Gasteiger partial charge in [0.15, 0.2) is 0 Å². The molecule has 1 saturated carbocycles. The summed E-state index contributed by atoms with van der Waals surface area (Å²) in [4.78, 5) is 7.49. The molecule has 0 spiro atoms. The van der Waals surface area contributed by atoms with E-state index in [1.165, 1.54) is 50.2 Å². The first-order chi connectivity index (χ1) is 12.6. The van der Waals surface area contributed by atoms with Crippen molar-refractivity contribution in [3.8, 4) is 0 Å². The molecule has 144 valence electrons. The van der Waals surface area contributed by atoms with Crippen molar-refractivity contribution in [2.75, 3.05) is 38.6 Å². The van der Waals surface area contributed by atoms with E-state index in [0.29, 0.717) is 5.92 Å². The van der Waals surface area contributed by atoms with Crippen molar-refractivity contribution in [1.29, 1.82) is 0 Å². The molecule has 2 saturated heterocycles. The van der Waals surface area contributed by atoms with Gasteiger partial charge in [-0.25, -0.2) is 0 Å². The summed E-state index contributed by atoms with van der Waals surface area (Å²) in [5, 5.41) is 0. The summed E-state index contributed by atoms with van der Waals surface area (Å²) in [6.07, 6.45) is 14.0. The van der Waals surface area contributed by atoms with Crippen LogP contribution in [0.25, 0.3) is 0 Å². The number of aryl methyl sites for hydroxylation is 1. The third-order valence-electron chi connectivity index (χ3n) is 7.70. The van der Waals surface area contributed by atoms with Crippen molar-refractivity contribution in [1.82, 2.24) is 9.88 Å². The average Bonchev–Trinajstić information content (AvgIpc) is 3.17. The zero-order valence-electron chi connectivity index (χ0n) is 17.2. The Morgan fingerprint density at radius 1 is 1.12 bits per heavy atom. The van der Waals surface area contributed by atoms with Gasteiger partial charge in [0.05, 0.1) is 18.0 Å². The molecular weight excluding hydrogens is 335 g/mol. The Morgan fingerprint density at radius 3 is 2.38 bits per heavy atom. The molecule has 0 amide bonds. The van der Waals surface area contributed by atoms with Crippen LogP contribution >= 0.6 is 7.26 Å². The Kier molecular flexibility index (Phi) is 5.72. The minimum absolute atomic E-state index is 0.555. The molecule has 3 fully saturated rings. The number of pyridine rings is 1. The summed E-state index contributed by atoms with van der Waals surface area (Å²) in [7, 11) is -0.640. The van der Waals surface area contributed by atoms with E-state index in [4.69, 9.17) is 4.98 Å². The molecule has 2 aliphatic heterocycles. The Morgan fingerprint density at radius 2 is 1.81 bits per heavy atom. The molecule has 3 atom stereocenters. The molecule has 0 N–H and O–H groups in total. The molecule has 26 heavy (non-hydrogen) atoms. The van der Waals surface area contributed by atoms with Crippen LogP contribution in [0.2, 0.25) is 0 Å². The first-order valence-electron chi connectivity index (χ1n) is 11.1. The summed E-state index contributed by atoms with van der Waals surface area (Å²) >= 11 is 0. The lowest BCUT2D eigenvalue weighted by Crippen LogP contribution is -2.29. The van der Waals surface area contributed by atoms with Crippen molar-refractivity contribution >= 4 is 7.26 Å². The van der Waals surface area contributed by atoms with Crippen molar-refractivity contribution in [3.63, 3.8) is 0 Å². The van der Waals surface area contributed by atoms with Crippen LogP contribution in [0.3, 0.4) is 0 Å². The Balaban J connectivity index is 1.31. The highest BCUT2D eigenvalue weighted by Gasteiger charge is 2.55. The minimum Gasteiger partial charge on any atom is -0.302 e. The summed E-state index contributed by atoms with van der Waals surface area (Å²) in [5.41, 5.74) is 3.76. The lowest BCUT2D eigenvalue weighted by molar-refractivity contribution is 0.304. The number of fused-ring (bicyclic) bond motifs is 1. The first kappa shape index (κ1) is 18.9. The second-order valence-electron chi connectivity index (χ2n) is 9.72. The number of aromatic nitrogens is 1. The maximum Gasteiger partial charge on any atom is 0.0695 e. The quantitative estimate of drug-likeness (QED) is 0.652. The van der Waals surface area contributed by atoms with Gasteiger partial charge >= 0.3 is 0 Å². The summed E-state index contributed by atoms with van der Waals surface area (Å²) in [6.45, 7) is 11.2. The number of rotatable bonds is 5. The zero-order valence-corrected chi connectivity index (χ0v) is 18.1. The molecule has 3 unspecified atom stereocenters. The van der Waals surface area contributed by atoms with E-state index >= 15 is 0 Å². The third-order valence-corrected chi connectivity index (χ3v) is 12.6. The normalized spacial score (nSPS) is 34.1. The van der Waals surface area contributed by atoms with Crippen molar-refractivity contribution in [2.24, 2.45) is 11.8 Å². The fraction of sp³-hybridized carbons (Fsp3) is 0.783. The van der Waals surface area contributed by atoms with Crippen molar-refractivity contribution in [3.05, 3.63) is 29.6 Å². The molecule has 3 heteroatoms. The van der Waals surface area contributed by atoms with E-state index in [9.17, 15) is 0 Å². The van der Waals surface area contributed by atoms with Crippen LogP contribution in [0, 0.1) is 11.8 Å². The van der Waals surface area contributed by atoms with Gasteiger partial charge in [-0.2, -0.15) is 0 Å². The summed E-state index contributed by atoms with van der Waals surface area (Å²) in [5.74, 6) is 2.58. The van der Waals surface area contributed by atoms with Gasteiger partial charge in [0.25, 0.3) is 0 Å². The molecule has 3 aliphatic rings. The van der Waals surface area contributed by atoms with Crippen LogP contribution in [0.5, 0.6) is 0 Å². The van der Waals surface area contributed by atoms with Crippen LogP contribution in [-0.4, -0.2) is 54.2 Å². The van der Waals surface area contributed by atoms with Crippen molar-refractivity contribution in [2.45, 2.75) is 63.9 Å². The number of hydrogen-bond donors (Lipinski definition) is 0. The van der Waals surface area contributed by atoms with E-state index in [-0.39, 0.29) is 0 Å². The SMILES string of the molecule is CCc1ccc(C(C)CN2CC3C[P+](C)(C4CCCCC4)CC3C2)nc1. The fourth-order valence-electron chi connectivity index (χ4n) is 6.16.